The van der Waals surface area contributed by atoms with E-state index in [9.17, 15) is 19.5 Å². The van der Waals surface area contributed by atoms with E-state index in [0.717, 1.165) is 29.7 Å². The molecular weight excluding hydrogens is 416 g/mol. The maximum atomic E-state index is 13.1. The van der Waals surface area contributed by atoms with Crippen molar-refractivity contribution >= 4 is 34.1 Å². The molecule has 0 radical (unpaired) electrons. The molecule has 0 spiro atoms. The summed E-state index contributed by atoms with van der Waals surface area (Å²) in [6.07, 6.45) is 8.58. The number of carboxylic acid groups (broad SMARTS) is 1. The topological polar surface area (TPSA) is 109 Å². The van der Waals surface area contributed by atoms with E-state index in [2.05, 4.69) is 17.6 Å². The highest BCUT2D eigenvalue weighted by atomic mass is 32.1. The molecule has 2 aromatic heterocycles. The number of furan rings is 1. The van der Waals surface area contributed by atoms with E-state index in [0.29, 0.717) is 35.1 Å². The van der Waals surface area contributed by atoms with Crippen LogP contribution in [0.25, 0.3) is 0 Å². The number of rotatable bonds is 6. The van der Waals surface area contributed by atoms with Crippen molar-refractivity contribution in [2.75, 3.05) is 5.32 Å². The molecule has 0 saturated carbocycles. The minimum absolute atomic E-state index is 0.253. The van der Waals surface area contributed by atoms with Gasteiger partial charge in [0.25, 0.3) is 5.91 Å². The lowest BCUT2D eigenvalue weighted by Crippen LogP contribution is -2.35. The molecule has 2 amide bonds. The van der Waals surface area contributed by atoms with Crippen molar-refractivity contribution < 1.29 is 23.9 Å². The third-order valence-corrected chi connectivity index (χ3v) is 7.23. The molecule has 0 aromatic carbocycles. The van der Waals surface area contributed by atoms with Gasteiger partial charge in [-0.15, -0.1) is 11.3 Å². The number of thiophene rings is 1. The van der Waals surface area contributed by atoms with Gasteiger partial charge in [0.05, 0.1) is 30.2 Å². The Hall–Kier alpha value is -2.87. The van der Waals surface area contributed by atoms with Crippen molar-refractivity contribution in [1.29, 1.82) is 0 Å². The van der Waals surface area contributed by atoms with E-state index in [1.807, 2.05) is 6.08 Å². The molecule has 31 heavy (non-hydrogen) atoms. The van der Waals surface area contributed by atoms with Crippen LogP contribution in [-0.2, 0) is 29.0 Å². The lowest BCUT2D eigenvalue weighted by Gasteiger charge is -2.24. The van der Waals surface area contributed by atoms with Crippen LogP contribution in [0.5, 0.6) is 0 Å². The first kappa shape index (κ1) is 21.4. The van der Waals surface area contributed by atoms with Crippen LogP contribution in [0, 0.1) is 17.8 Å². The van der Waals surface area contributed by atoms with Crippen LogP contribution >= 0.6 is 11.3 Å². The zero-order valence-corrected chi connectivity index (χ0v) is 18.2. The monoisotopic (exact) mass is 442 g/mol. The molecule has 3 atom stereocenters. The molecule has 2 aromatic rings. The number of carboxylic acids is 1. The first-order chi connectivity index (χ1) is 14.9. The minimum atomic E-state index is -0.972. The van der Waals surface area contributed by atoms with Crippen LogP contribution in [0.1, 0.15) is 52.7 Å². The SMILES string of the molecule is C[C@@H]1CCc2c(sc(NC(=O)[C@H]3CC=CC[C@@H]3C(=O)O)c2C(=O)NCc2ccco2)C1. The average molecular weight is 443 g/mol. The number of carbonyl (C=O) groups is 3. The van der Waals surface area contributed by atoms with E-state index < -0.39 is 17.8 Å². The number of aliphatic carboxylic acids is 1. The molecule has 2 heterocycles. The molecule has 2 aliphatic carbocycles. The van der Waals surface area contributed by atoms with Gasteiger partial charge in [-0.2, -0.15) is 0 Å². The summed E-state index contributed by atoms with van der Waals surface area (Å²) in [5.41, 5.74) is 1.50. The standard InChI is InChI=1S/C23H26N2O5S/c1-13-8-9-17-18(11-13)31-22(19(17)21(27)24-12-14-5-4-10-30-14)25-20(26)15-6-2-3-7-16(15)23(28)29/h2-5,10,13,15-16H,6-9,11-12H2,1H3,(H,24,27)(H,25,26)(H,28,29)/t13-,15+,16+/m1/s1. The molecule has 4 rings (SSSR count). The molecule has 0 unspecified atom stereocenters. The van der Waals surface area contributed by atoms with Gasteiger partial charge in [0.15, 0.2) is 0 Å². The van der Waals surface area contributed by atoms with E-state index in [4.69, 9.17) is 4.42 Å². The molecule has 0 saturated heterocycles. The van der Waals surface area contributed by atoms with Crippen molar-refractivity contribution in [2.24, 2.45) is 17.8 Å². The number of amides is 2. The number of anilines is 1. The van der Waals surface area contributed by atoms with Crippen molar-refractivity contribution in [3.63, 3.8) is 0 Å². The van der Waals surface area contributed by atoms with Gasteiger partial charge >= 0.3 is 5.97 Å². The van der Waals surface area contributed by atoms with Crippen molar-refractivity contribution in [1.82, 2.24) is 5.32 Å². The maximum absolute atomic E-state index is 13.1. The quantitative estimate of drug-likeness (QED) is 0.586. The fraction of sp³-hybridized carbons (Fsp3) is 0.435. The summed E-state index contributed by atoms with van der Waals surface area (Å²) in [5, 5.41) is 15.8. The Labute approximate surface area is 184 Å². The van der Waals surface area contributed by atoms with E-state index in [-0.39, 0.29) is 18.4 Å². The number of carbonyl (C=O) groups excluding carboxylic acids is 2. The average Bonchev–Trinajstić information content (AvgIpc) is 3.39. The van der Waals surface area contributed by atoms with Gasteiger partial charge in [-0.3, -0.25) is 14.4 Å². The lowest BCUT2D eigenvalue weighted by molar-refractivity contribution is -0.146. The Morgan fingerprint density at radius 3 is 2.71 bits per heavy atom. The zero-order valence-electron chi connectivity index (χ0n) is 17.3. The smallest absolute Gasteiger partial charge is 0.307 e. The third-order valence-electron chi connectivity index (χ3n) is 6.07. The van der Waals surface area contributed by atoms with Crippen molar-refractivity contribution in [2.45, 2.75) is 45.6 Å². The second kappa shape index (κ2) is 9.09. The maximum Gasteiger partial charge on any atom is 0.307 e. The lowest BCUT2D eigenvalue weighted by atomic mass is 9.82. The minimum Gasteiger partial charge on any atom is -0.481 e. The predicted octanol–water partition coefficient (Wildman–Crippen LogP) is 4.00. The van der Waals surface area contributed by atoms with Gasteiger partial charge < -0.3 is 20.2 Å². The molecule has 7 nitrogen and oxygen atoms in total. The molecule has 164 valence electrons. The fourth-order valence-corrected chi connectivity index (χ4v) is 5.74. The Morgan fingerprint density at radius 2 is 2.00 bits per heavy atom. The molecule has 0 aliphatic heterocycles. The molecule has 0 bridgehead atoms. The zero-order chi connectivity index (χ0) is 22.0. The number of allylic oxidation sites excluding steroid dienone is 2. The Balaban J connectivity index is 1.59. The van der Waals surface area contributed by atoms with Crippen molar-refractivity contribution in [3.05, 3.63) is 52.3 Å². The first-order valence-corrected chi connectivity index (χ1v) is 11.4. The first-order valence-electron chi connectivity index (χ1n) is 10.6. The molecular formula is C23H26N2O5S. The summed E-state index contributed by atoms with van der Waals surface area (Å²) < 4.78 is 5.29. The van der Waals surface area contributed by atoms with Gasteiger partial charge in [0, 0.05) is 4.88 Å². The highest BCUT2D eigenvalue weighted by Gasteiger charge is 2.35. The summed E-state index contributed by atoms with van der Waals surface area (Å²) in [6.45, 7) is 2.44. The summed E-state index contributed by atoms with van der Waals surface area (Å²) in [4.78, 5) is 38.9. The second-order valence-corrected chi connectivity index (χ2v) is 9.41. The molecule has 2 aliphatic rings. The van der Waals surface area contributed by atoms with Crippen LogP contribution in [0.4, 0.5) is 5.00 Å². The summed E-state index contributed by atoms with van der Waals surface area (Å²) in [6, 6.07) is 3.55. The highest BCUT2D eigenvalue weighted by Crippen LogP contribution is 2.40. The van der Waals surface area contributed by atoms with Crippen LogP contribution in [0.2, 0.25) is 0 Å². The van der Waals surface area contributed by atoms with E-state index in [1.165, 1.54) is 11.3 Å². The number of nitrogens with one attached hydrogen (secondary N) is 2. The molecule has 3 N–H and O–H groups in total. The van der Waals surface area contributed by atoms with Gasteiger partial charge in [-0.05, 0) is 55.7 Å². The second-order valence-electron chi connectivity index (χ2n) is 8.30. The molecule has 0 fully saturated rings. The normalized spacial score (nSPS) is 22.5. The Kier molecular flexibility index (Phi) is 6.27. The van der Waals surface area contributed by atoms with Crippen LogP contribution in [0.3, 0.4) is 0 Å². The summed E-state index contributed by atoms with van der Waals surface area (Å²) in [7, 11) is 0. The van der Waals surface area contributed by atoms with Crippen LogP contribution in [-0.4, -0.2) is 22.9 Å². The number of hydrogen-bond acceptors (Lipinski definition) is 5. The van der Waals surface area contributed by atoms with Gasteiger partial charge in [0.1, 0.15) is 10.8 Å². The summed E-state index contributed by atoms with van der Waals surface area (Å²) >= 11 is 1.44. The third kappa shape index (κ3) is 4.58. The van der Waals surface area contributed by atoms with E-state index >= 15 is 0 Å². The van der Waals surface area contributed by atoms with Gasteiger partial charge in [0.2, 0.25) is 5.91 Å². The van der Waals surface area contributed by atoms with E-state index in [1.54, 1.807) is 24.5 Å². The van der Waals surface area contributed by atoms with Gasteiger partial charge in [-0.1, -0.05) is 19.1 Å². The molecule has 8 heteroatoms. The highest BCUT2D eigenvalue weighted by molar-refractivity contribution is 7.17. The van der Waals surface area contributed by atoms with Crippen LogP contribution < -0.4 is 10.6 Å². The Morgan fingerprint density at radius 1 is 1.23 bits per heavy atom. The predicted molar refractivity (Wildman–Crippen MR) is 117 cm³/mol. The largest absolute Gasteiger partial charge is 0.481 e. The number of fused-ring (bicyclic) bond motifs is 1. The summed E-state index contributed by atoms with van der Waals surface area (Å²) in [5.74, 6) is -1.81. The fourth-order valence-electron chi connectivity index (χ4n) is 4.33. The van der Waals surface area contributed by atoms with Crippen LogP contribution in [0.15, 0.2) is 35.0 Å². The van der Waals surface area contributed by atoms with Gasteiger partial charge in [-0.25, -0.2) is 0 Å². The Bertz CT molecular complexity index is 1010. The van der Waals surface area contributed by atoms with Crippen molar-refractivity contribution in [3.8, 4) is 0 Å². The number of hydrogen-bond donors (Lipinski definition) is 3.